The Morgan fingerprint density at radius 3 is 2.45 bits per heavy atom. The van der Waals surface area contributed by atoms with Crippen LogP contribution in [0, 0.1) is 0 Å². The Labute approximate surface area is 203 Å². The molecule has 0 aliphatic rings. The number of hydrogen-bond acceptors (Lipinski definition) is 5. The minimum absolute atomic E-state index is 0. The summed E-state index contributed by atoms with van der Waals surface area (Å²) in [5.41, 5.74) is 3.34. The Morgan fingerprint density at radius 2 is 1.74 bits per heavy atom. The number of aliphatic imine (C=N–C) groups is 1. The molecule has 174 valence electrons. The molecule has 0 saturated heterocycles. The number of aromatic nitrogens is 1. The van der Waals surface area contributed by atoms with E-state index in [-0.39, 0.29) is 24.0 Å². The third kappa shape index (κ3) is 10.0. The van der Waals surface area contributed by atoms with Crippen LogP contribution in [0.2, 0.25) is 0 Å². The summed E-state index contributed by atoms with van der Waals surface area (Å²) in [6.07, 6.45) is 2.13. The zero-order valence-electron chi connectivity index (χ0n) is 19.1. The van der Waals surface area contributed by atoms with Crippen LogP contribution in [0.1, 0.15) is 62.1 Å². The molecule has 0 aliphatic carbocycles. The number of hydrogen-bond donors (Lipinski definition) is 2. The molecule has 0 radical (unpaired) electrons. The minimum atomic E-state index is 0. The Hall–Kier alpha value is -1.65. The van der Waals surface area contributed by atoms with Gasteiger partial charge in [-0.3, -0.25) is 4.99 Å². The maximum Gasteiger partial charge on any atom is 0.191 e. The second-order valence-electron chi connectivity index (χ2n) is 7.08. The highest BCUT2D eigenvalue weighted by Gasteiger charge is 2.13. The molecular weight excluding hydrogens is 507 g/mol. The van der Waals surface area contributed by atoms with Crippen LogP contribution >= 0.6 is 24.0 Å². The third-order valence-corrected chi connectivity index (χ3v) is 4.93. The number of benzene rings is 1. The zero-order valence-corrected chi connectivity index (χ0v) is 21.5. The molecule has 0 atom stereocenters. The molecule has 0 fully saturated rings. The Bertz CT molecular complexity index is 763. The first-order chi connectivity index (χ1) is 14.7. The smallest absolute Gasteiger partial charge is 0.191 e. The lowest BCUT2D eigenvalue weighted by Crippen LogP contribution is -2.36. The number of guanidine groups is 1. The first-order valence-corrected chi connectivity index (χ1v) is 10.8. The van der Waals surface area contributed by atoms with Crippen LogP contribution in [0.3, 0.4) is 0 Å². The van der Waals surface area contributed by atoms with Gasteiger partial charge in [-0.25, -0.2) is 0 Å². The molecule has 8 heteroatoms. The fourth-order valence-corrected chi connectivity index (χ4v) is 3.17. The predicted octanol–water partition coefficient (Wildman–Crippen LogP) is 4.61. The van der Waals surface area contributed by atoms with Gasteiger partial charge < -0.3 is 24.6 Å². The molecule has 31 heavy (non-hydrogen) atoms. The Kier molecular flexibility index (Phi) is 14.2. The van der Waals surface area contributed by atoms with E-state index in [1.54, 1.807) is 7.05 Å². The minimum Gasteiger partial charge on any atom is -0.379 e. The lowest BCUT2D eigenvalue weighted by Gasteiger charge is -2.12. The van der Waals surface area contributed by atoms with E-state index in [2.05, 4.69) is 52.8 Å². The van der Waals surface area contributed by atoms with Gasteiger partial charge in [-0.1, -0.05) is 43.3 Å². The Morgan fingerprint density at radius 1 is 1.03 bits per heavy atom. The van der Waals surface area contributed by atoms with Gasteiger partial charge >= 0.3 is 0 Å². The van der Waals surface area contributed by atoms with Crippen molar-refractivity contribution in [2.24, 2.45) is 4.99 Å². The predicted molar refractivity (Wildman–Crippen MR) is 135 cm³/mol. The molecule has 0 aliphatic heterocycles. The molecule has 1 aromatic carbocycles. The molecule has 0 amide bonds. The Balaban J connectivity index is 0.00000480. The third-order valence-electron chi connectivity index (χ3n) is 4.93. The van der Waals surface area contributed by atoms with Gasteiger partial charge in [0, 0.05) is 32.2 Å². The first-order valence-electron chi connectivity index (χ1n) is 10.8. The molecule has 0 bridgehead atoms. The van der Waals surface area contributed by atoms with Gasteiger partial charge in [-0.15, -0.1) is 24.0 Å². The molecule has 1 heterocycles. The maximum absolute atomic E-state index is 5.65. The lowest BCUT2D eigenvalue weighted by molar-refractivity contribution is 0.0453. The average Bonchev–Trinajstić information content (AvgIpc) is 3.24. The van der Waals surface area contributed by atoms with Crippen molar-refractivity contribution in [3.8, 4) is 0 Å². The van der Waals surface area contributed by atoms with Gasteiger partial charge in [-0.2, -0.15) is 0 Å². The molecule has 7 nitrogen and oxygen atoms in total. The van der Waals surface area contributed by atoms with Crippen molar-refractivity contribution >= 4 is 29.9 Å². The van der Waals surface area contributed by atoms with Gasteiger partial charge in [0.05, 0.1) is 32.1 Å². The summed E-state index contributed by atoms with van der Waals surface area (Å²) in [6, 6.07) is 10.4. The SMILES string of the molecule is CCOCCOCc1cccc(CNC(=NC)NCc2cc(C(CC)CC)no2)c1.I. The summed E-state index contributed by atoms with van der Waals surface area (Å²) in [4.78, 5) is 4.29. The van der Waals surface area contributed by atoms with E-state index in [1.165, 1.54) is 5.56 Å². The highest BCUT2D eigenvalue weighted by Crippen LogP contribution is 2.22. The molecule has 2 N–H and O–H groups in total. The number of ether oxygens (including phenoxy) is 2. The fraction of sp³-hybridized carbons (Fsp3) is 0.565. The van der Waals surface area contributed by atoms with E-state index in [0.29, 0.717) is 44.8 Å². The summed E-state index contributed by atoms with van der Waals surface area (Å²) in [5, 5.41) is 10.8. The molecule has 1 aromatic heterocycles. The van der Waals surface area contributed by atoms with E-state index in [4.69, 9.17) is 14.0 Å². The van der Waals surface area contributed by atoms with Crippen molar-refractivity contribution < 1.29 is 14.0 Å². The first kappa shape index (κ1) is 27.4. The molecule has 0 unspecified atom stereocenters. The van der Waals surface area contributed by atoms with Crippen molar-refractivity contribution in [3.63, 3.8) is 0 Å². The topological polar surface area (TPSA) is 80.9 Å². The number of nitrogens with zero attached hydrogens (tertiary/aromatic N) is 2. The monoisotopic (exact) mass is 544 g/mol. The van der Waals surface area contributed by atoms with E-state index in [9.17, 15) is 0 Å². The van der Waals surface area contributed by atoms with Gasteiger partial charge in [0.2, 0.25) is 0 Å². The highest BCUT2D eigenvalue weighted by molar-refractivity contribution is 14.0. The zero-order chi connectivity index (χ0) is 21.6. The van der Waals surface area contributed by atoms with Crippen LogP contribution in [0.5, 0.6) is 0 Å². The standard InChI is InChI=1S/C23H36N4O3.HI/c1-5-20(6-2)22-14-21(30-27-22)16-26-23(24-4)25-15-18-9-8-10-19(13-18)17-29-12-11-28-7-3;/h8-10,13-14,20H,5-7,11-12,15-17H2,1-4H3,(H2,24,25,26);1H. The van der Waals surface area contributed by atoms with E-state index in [0.717, 1.165) is 36.5 Å². The van der Waals surface area contributed by atoms with Crippen molar-refractivity contribution in [3.05, 3.63) is 52.9 Å². The largest absolute Gasteiger partial charge is 0.379 e. The molecule has 0 saturated carbocycles. The summed E-state index contributed by atoms with van der Waals surface area (Å²) < 4.78 is 16.4. The van der Waals surface area contributed by atoms with Gasteiger partial charge in [0.1, 0.15) is 0 Å². The molecule has 2 rings (SSSR count). The molecular formula is C23H37IN4O3. The quantitative estimate of drug-likeness (QED) is 0.166. The van der Waals surface area contributed by atoms with E-state index >= 15 is 0 Å². The number of rotatable bonds is 13. The molecule has 2 aromatic rings. The highest BCUT2D eigenvalue weighted by atomic mass is 127. The second kappa shape index (κ2) is 16.0. The van der Waals surface area contributed by atoms with Crippen LogP contribution in [-0.4, -0.2) is 38.0 Å². The van der Waals surface area contributed by atoms with E-state index in [1.807, 2.05) is 19.1 Å². The van der Waals surface area contributed by atoms with Crippen molar-refractivity contribution in [2.75, 3.05) is 26.9 Å². The van der Waals surface area contributed by atoms with E-state index < -0.39 is 0 Å². The normalized spacial score (nSPS) is 11.5. The number of nitrogens with one attached hydrogen (secondary N) is 2. The fourth-order valence-electron chi connectivity index (χ4n) is 3.17. The maximum atomic E-state index is 5.65. The van der Waals surface area contributed by atoms with Crippen LogP contribution in [0.4, 0.5) is 0 Å². The summed E-state index contributed by atoms with van der Waals surface area (Å²) in [7, 11) is 1.76. The lowest BCUT2D eigenvalue weighted by atomic mass is 9.99. The van der Waals surface area contributed by atoms with Crippen LogP contribution < -0.4 is 10.6 Å². The van der Waals surface area contributed by atoms with Crippen LogP contribution in [0.15, 0.2) is 39.8 Å². The van der Waals surface area contributed by atoms with Crippen LogP contribution in [-0.2, 0) is 29.2 Å². The van der Waals surface area contributed by atoms with Crippen molar-refractivity contribution in [1.82, 2.24) is 15.8 Å². The summed E-state index contributed by atoms with van der Waals surface area (Å²) in [6.45, 7) is 10.1. The summed E-state index contributed by atoms with van der Waals surface area (Å²) >= 11 is 0. The number of halogens is 1. The van der Waals surface area contributed by atoms with Gasteiger partial charge in [0.15, 0.2) is 11.7 Å². The van der Waals surface area contributed by atoms with Crippen molar-refractivity contribution in [2.45, 2.75) is 59.2 Å². The summed E-state index contributed by atoms with van der Waals surface area (Å²) in [5.74, 6) is 1.98. The van der Waals surface area contributed by atoms with Crippen LogP contribution in [0.25, 0.3) is 0 Å². The average molecular weight is 544 g/mol. The molecule has 0 spiro atoms. The van der Waals surface area contributed by atoms with Crippen molar-refractivity contribution in [1.29, 1.82) is 0 Å². The van der Waals surface area contributed by atoms with Gasteiger partial charge in [-0.05, 0) is 30.9 Å². The second-order valence-corrected chi connectivity index (χ2v) is 7.08. The van der Waals surface area contributed by atoms with Gasteiger partial charge in [0.25, 0.3) is 0 Å².